The zero-order valence-electron chi connectivity index (χ0n) is 1.96. The third kappa shape index (κ3) is 9.07. The van der Waals surface area contributed by atoms with Crippen LogP contribution in [0.15, 0.2) is 0 Å². The van der Waals surface area contributed by atoms with Crippen LogP contribution in [0.4, 0.5) is 0 Å². The van der Waals surface area contributed by atoms with Crippen molar-refractivity contribution in [3.05, 3.63) is 0 Å². The summed E-state index contributed by atoms with van der Waals surface area (Å²) in [6, 6.07) is 0. The molecular weight excluding hydrogens is 184 g/mol. The number of hydrogen-bond donors (Lipinski definition) is 0. The minimum atomic E-state index is 0. The fourth-order valence-corrected chi connectivity index (χ4v) is 0. The Kier molecular flexibility index (Phi) is 200. The standard InChI is InChI=1S/2ClH.Ti.Zn/h2*1H;;/q;;+4;+2/p-2. The zero-order chi connectivity index (χ0) is 0. The van der Waals surface area contributed by atoms with Gasteiger partial charge in [0.25, 0.3) is 0 Å². The van der Waals surface area contributed by atoms with Crippen molar-refractivity contribution >= 4 is 0 Å². The Bertz CT molecular complexity index is 6.00. The second-order valence-corrected chi connectivity index (χ2v) is 0. The van der Waals surface area contributed by atoms with Gasteiger partial charge in [0.15, 0.2) is 0 Å². The van der Waals surface area contributed by atoms with Crippen molar-refractivity contribution in [2.45, 2.75) is 0 Å². The fraction of sp³-hybridized carbons (Fsp3) is 0. The van der Waals surface area contributed by atoms with Crippen LogP contribution >= 0.6 is 0 Å². The van der Waals surface area contributed by atoms with E-state index in [1.54, 1.807) is 0 Å². The Morgan fingerprint density at radius 2 is 0.750 bits per heavy atom. The minimum absolute atomic E-state index is 0. The average Bonchev–Trinajstić information content (AvgIpc) is 0. The zero-order valence-corrected chi connectivity index (χ0v) is 8.00. The van der Waals surface area contributed by atoms with Crippen LogP contribution < -0.4 is 24.8 Å². The molecule has 0 rings (SSSR count). The van der Waals surface area contributed by atoms with Crippen molar-refractivity contribution in [3.63, 3.8) is 0 Å². The Morgan fingerprint density at radius 3 is 0.750 bits per heavy atom. The topological polar surface area (TPSA) is 0 Å². The predicted molar refractivity (Wildman–Crippen MR) is 0 cm³/mol. The maximum atomic E-state index is 0. The van der Waals surface area contributed by atoms with Crippen LogP contribution in [0.1, 0.15) is 0 Å². The van der Waals surface area contributed by atoms with Gasteiger partial charge in [-0.3, -0.25) is 0 Å². The van der Waals surface area contributed by atoms with Gasteiger partial charge in [0.05, 0.1) is 0 Å². The van der Waals surface area contributed by atoms with Crippen molar-refractivity contribution in [1.29, 1.82) is 0 Å². The minimum Gasteiger partial charge on any atom is -1.00 e. The molecule has 0 aromatic heterocycles. The molecule has 0 nitrogen and oxygen atoms in total. The van der Waals surface area contributed by atoms with E-state index in [2.05, 4.69) is 0 Å². The average molecular weight is 184 g/mol. The predicted octanol–water partition coefficient (Wildman–Crippen LogP) is -6.00. The Balaban J connectivity index is 0. The van der Waals surface area contributed by atoms with Gasteiger partial charge in [-0.2, -0.15) is 0 Å². The molecule has 0 atom stereocenters. The van der Waals surface area contributed by atoms with Crippen molar-refractivity contribution in [2.24, 2.45) is 0 Å². The van der Waals surface area contributed by atoms with Crippen LogP contribution in [0.25, 0.3) is 0 Å². The van der Waals surface area contributed by atoms with E-state index in [0.29, 0.717) is 0 Å². The summed E-state index contributed by atoms with van der Waals surface area (Å²) < 4.78 is 0. The van der Waals surface area contributed by atoms with E-state index in [1.807, 2.05) is 0 Å². The summed E-state index contributed by atoms with van der Waals surface area (Å²) in [5.74, 6) is 0. The summed E-state index contributed by atoms with van der Waals surface area (Å²) in [5.41, 5.74) is 0. The number of halogens is 2. The summed E-state index contributed by atoms with van der Waals surface area (Å²) >= 11 is 0. The van der Waals surface area contributed by atoms with Crippen LogP contribution in [0.2, 0.25) is 0 Å². The fourth-order valence-electron chi connectivity index (χ4n) is 0. The van der Waals surface area contributed by atoms with E-state index < -0.39 is 0 Å². The first-order valence-corrected chi connectivity index (χ1v) is 0. The van der Waals surface area contributed by atoms with E-state index in [0.717, 1.165) is 0 Å². The molecule has 0 aliphatic carbocycles. The third-order valence-electron chi connectivity index (χ3n) is 0. The van der Waals surface area contributed by atoms with Crippen LogP contribution in [0.5, 0.6) is 0 Å². The van der Waals surface area contributed by atoms with Crippen molar-refractivity contribution < 1.29 is 66.0 Å². The summed E-state index contributed by atoms with van der Waals surface area (Å²) in [4.78, 5) is 0. The molecule has 4 heteroatoms. The molecule has 0 radical (unpaired) electrons. The smallest absolute Gasteiger partial charge is 1.00 e. The first kappa shape index (κ1) is 38.9. The van der Waals surface area contributed by atoms with Gasteiger partial charge in [-0.25, -0.2) is 0 Å². The molecule has 0 saturated carbocycles. The summed E-state index contributed by atoms with van der Waals surface area (Å²) in [6.07, 6.45) is 0. The van der Waals surface area contributed by atoms with Crippen LogP contribution in [0.3, 0.4) is 0 Å². The number of hydrogen-bond acceptors (Lipinski definition) is 0. The molecule has 0 amide bonds. The first-order valence-electron chi connectivity index (χ1n) is 0. The van der Waals surface area contributed by atoms with Gasteiger partial charge < -0.3 is 24.8 Å². The SMILES string of the molecule is [Cl-].[Cl-].[Ti+4].[Zn+2]. The van der Waals surface area contributed by atoms with Gasteiger partial charge in [0.2, 0.25) is 0 Å². The van der Waals surface area contributed by atoms with E-state index in [9.17, 15) is 0 Å². The van der Waals surface area contributed by atoms with Crippen molar-refractivity contribution in [2.75, 3.05) is 0 Å². The molecule has 0 heterocycles. The Morgan fingerprint density at radius 1 is 0.750 bits per heavy atom. The number of rotatable bonds is 0. The second kappa shape index (κ2) is 20.5. The molecule has 0 unspecified atom stereocenters. The normalized spacial score (nSPS) is 0. The Labute approximate surface area is 65.6 Å². The van der Waals surface area contributed by atoms with Crippen molar-refractivity contribution in [1.82, 2.24) is 0 Å². The molecule has 0 N–H and O–H groups in total. The van der Waals surface area contributed by atoms with Gasteiger partial charge in [-0.1, -0.05) is 0 Å². The van der Waals surface area contributed by atoms with E-state index in [-0.39, 0.29) is 66.0 Å². The third-order valence-corrected chi connectivity index (χ3v) is 0. The Hall–Kier alpha value is 1.92. The summed E-state index contributed by atoms with van der Waals surface area (Å²) in [5, 5.41) is 0. The van der Waals surface area contributed by atoms with Gasteiger partial charge in [-0.05, 0) is 0 Å². The molecule has 4 heavy (non-hydrogen) atoms. The molecule has 0 aliphatic rings. The molecule has 0 aromatic rings. The van der Waals surface area contributed by atoms with Crippen LogP contribution in [-0.2, 0) is 41.2 Å². The van der Waals surface area contributed by atoms with Gasteiger partial charge in [0.1, 0.15) is 0 Å². The maximum absolute atomic E-state index is 0. The molecule has 0 fully saturated rings. The molecule has 16 valence electrons. The molecule has 0 spiro atoms. The van der Waals surface area contributed by atoms with E-state index in [4.69, 9.17) is 0 Å². The molecular formula is Cl2TiZn+4. The van der Waals surface area contributed by atoms with Crippen LogP contribution in [0, 0.1) is 0 Å². The quantitative estimate of drug-likeness (QED) is 0.329. The van der Waals surface area contributed by atoms with Gasteiger partial charge in [0, 0.05) is 0 Å². The van der Waals surface area contributed by atoms with E-state index >= 15 is 0 Å². The van der Waals surface area contributed by atoms with E-state index in [1.165, 1.54) is 0 Å². The maximum Gasteiger partial charge on any atom is 4.00 e. The summed E-state index contributed by atoms with van der Waals surface area (Å²) in [6.45, 7) is 0. The van der Waals surface area contributed by atoms with Crippen LogP contribution in [-0.4, -0.2) is 0 Å². The first-order chi connectivity index (χ1) is 0. The van der Waals surface area contributed by atoms with Gasteiger partial charge >= 0.3 is 41.2 Å². The molecule has 0 saturated heterocycles. The monoisotopic (exact) mass is 182 g/mol. The second-order valence-electron chi connectivity index (χ2n) is 0. The molecule has 0 aliphatic heterocycles. The molecule has 0 bridgehead atoms. The summed E-state index contributed by atoms with van der Waals surface area (Å²) in [7, 11) is 0. The van der Waals surface area contributed by atoms with Crippen molar-refractivity contribution in [3.8, 4) is 0 Å². The molecule has 0 aromatic carbocycles. The largest absolute Gasteiger partial charge is 4.00 e. The van der Waals surface area contributed by atoms with Gasteiger partial charge in [-0.15, -0.1) is 0 Å².